The molecular formula is C11H20N2O5. The van der Waals surface area contributed by atoms with Gasteiger partial charge >= 0.3 is 11.9 Å². The highest BCUT2D eigenvalue weighted by Gasteiger charge is 2.24. The molecule has 0 heterocycles. The largest absolute Gasteiger partial charge is 0.481 e. The maximum absolute atomic E-state index is 11.9. The number of hydrogen-bond acceptors (Lipinski definition) is 4. The highest BCUT2D eigenvalue weighted by molar-refractivity contribution is 5.83. The second kappa shape index (κ2) is 7.65. The summed E-state index contributed by atoms with van der Waals surface area (Å²) in [6.45, 7) is 3.58. The van der Waals surface area contributed by atoms with Crippen LogP contribution in [0, 0.1) is 0 Å². The summed E-state index contributed by atoms with van der Waals surface area (Å²) in [6, 6.07) is -1.08. The number of amides is 1. The molecule has 1 unspecified atom stereocenters. The van der Waals surface area contributed by atoms with Crippen molar-refractivity contribution in [3.05, 3.63) is 0 Å². The Hall–Kier alpha value is -1.63. The predicted molar refractivity (Wildman–Crippen MR) is 63.9 cm³/mol. The molecule has 0 saturated carbocycles. The molecule has 18 heavy (non-hydrogen) atoms. The highest BCUT2D eigenvalue weighted by Crippen LogP contribution is 2.06. The van der Waals surface area contributed by atoms with Crippen molar-refractivity contribution in [2.45, 2.75) is 45.2 Å². The molecule has 0 spiro atoms. The fourth-order valence-electron chi connectivity index (χ4n) is 1.45. The predicted octanol–water partition coefficient (Wildman–Crippen LogP) is -0.110. The Balaban J connectivity index is 4.45. The normalized spacial score (nSPS) is 12.2. The SMILES string of the molecule is CC(C)N(CCC(=O)O)C(=O)C(N)CCC(=O)O. The topological polar surface area (TPSA) is 121 Å². The van der Waals surface area contributed by atoms with Crippen LogP contribution in [0.15, 0.2) is 0 Å². The molecule has 0 aliphatic heterocycles. The Morgan fingerprint density at radius 3 is 2.00 bits per heavy atom. The van der Waals surface area contributed by atoms with Gasteiger partial charge in [0.25, 0.3) is 0 Å². The minimum Gasteiger partial charge on any atom is -0.481 e. The van der Waals surface area contributed by atoms with E-state index >= 15 is 0 Å². The molecule has 0 fully saturated rings. The maximum Gasteiger partial charge on any atom is 0.305 e. The van der Waals surface area contributed by atoms with E-state index < -0.39 is 23.9 Å². The number of carboxylic acid groups (broad SMARTS) is 2. The van der Waals surface area contributed by atoms with Crippen molar-refractivity contribution in [1.29, 1.82) is 0 Å². The van der Waals surface area contributed by atoms with E-state index in [0.717, 1.165) is 0 Å². The molecule has 0 saturated heterocycles. The first-order valence-corrected chi connectivity index (χ1v) is 5.75. The monoisotopic (exact) mass is 260 g/mol. The van der Waals surface area contributed by atoms with Gasteiger partial charge in [0.05, 0.1) is 12.5 Å². The third-order valence-corrected chi connectivity index (χ3v) is 2.46. The number of rotatable bonds is 8. The molecule has 0 radical (unpaired) electrons. The van der Waals surface area contributed by atoms with Gasteiger partial charge in [-0.3, -0.25) is 14.4 Å². The van der Waals surface area contributed by atoms with Crippen LogP contribution in [0.4, 0.5) is 0 Å². The highest BCUT2D eigenvalue weighted by atomic mass is 16.4. The van der Waals surface area contributed by atoms with E-state index in [1.807, 2.05) is 0 Å². The molecule has 4 N–H and O–H groups in total. The van der Waals surface area contributed by atoms with Gasteiger partial charge in [-0.05, 0) is 20.3 Å². The quantitative estimate of drug-likeness (QED) is 0.560. The van der Waals surface area contributed by atoms with Crippen molar-refractivity contribution >= 4 is 17.8 Å². The molecule has 0 bridgehead atoms. The smallest absolute Gasteiger partial charge is 0.305 e. The number of carbonyl (C=O) groups excluding carboxylic acids is 1. The molecule has 0 aromatic heterocycles. The summed E-state index contributed by atoms with van der Waals surface area (Å²) in [4.78, 5) is 34.2. The first-order chi connectivity index (χ1) is 8.25. The lowest BCUT2D eigenvalue weighted by Crippen LogP contribution is -2.47. The van der Waals surface area contributed by atoms with Gasteiger partial charge in [0, 0.05) is 19.0 Å². The minimum atomic E-state index is -1.01. The standard InChI is InChI=1S/C11H20N2O5/c1-7(2)13(6-5-10(16)17)11(18)8(12)3-4-9(14)15/h7-8H,3-6,12H2,1-2H3,(H,14,15)(H,16,17). The van der Waals surface area contributed by atoms with E-state index in [4.69, 9.17) is 15.9 Å². The average molecular weight is 260 g/mol. The van der Waals surface area contributed by atoms with Gasteiger partial charge in [-0.25, -0.2) is 0 Å². The first-order valence-electron chi connectivity index (χ1n) is 5.75. The van der Waals surface area contributed by atoms with Crippen molar-refractivity contribution in [2.75, 3.05) is 6.54 Å². The fraction of sp³-hybridized carbons (Fsp3) is 0.727. The molecule has 0 aliphatic carbocycles. The summed E-state index contributed by atoms with van der Waals surface area (Å²) < 4.78 is 0. The summed E-state index contributed by atoms with van der Waals surface area (Å²) in [5.41, 5.74) is 5.61. The third-order valence-electron chi connectivity index (χ3n) is 2.46. The van der Waals surface area contributed by atoms with Gasteiger partial charge in [0.1, 0.15) is 0 Å². The summed E-state index contributed by atoms with van der Waals surface area (Å²) in [5.74, 6) is -2.42. The van der Waals surface area contributed by atoms with Crippen LogP contribution in [0.1, 0.15) is 33.1 Å². The summed E-state index contributed by atoms with van der Waals surface area (Å²) in [6.07, 6.45) is -0.294. The van der Waals surface area contributed by atoms with Gasteiger partial charge in [0.15, 0.2) is 0 Å². The van der Waals surface area contributed by atoms with Crippen LogP contribution in [-0.2, 0) is 14.4 Å². The summed E-state index contributed by atoms with van der Waals surface area (Å²) in [7, 11) is 0. The zero-order valence-electron chi connectivity index (χ0n) is 10.6. The van der Waals surface area contributed by atoms with Crippen LogP contribution >= 0.6 is 0 Å². The molecule has 7 nitrogen and oxygen atoms in total. The van der Waals surface area contributed by atoms with Crippen molar-refractivity contribution in [2.24, 2.45) is 5.73 Å². The van der Waals surface area contributed by atoms with Gasteiger partial charge < -0.3 is 20.8 Å². The molecule has 1 amide bonds. The first kappa shape index (κ1) is 16.4. The molecular weight excluding hydrogens is 240 g/mol. The number of nitrogens with two attached hydrogens (primary N) is 1. The Labute approximate surface area is 106 Å². The van der Waals surface area contributed by atoms with Crippen molar-refractivity contribution in [1.82, 2.24) is 4.90 Å². The molecule has 0 aliphatic rings. The van der Waals surface area contributed by atoms with Crippen LogP contribution in [0.3, 0.4) is 0 Å². The Morgan fingerprint density at radius 2 is 1.61 bits per heavy atom. The Kier molecular flexibility index (Phi) is 6.96. The third kappa shape index (κ3) is 6.19. The van der Waals surface area contributed by atoms with Crippen LogP contribution in [0.25, 0.3) is 0 Å². The van der Waals surface area contributed by atoms with E-state index in [2.05, 4.69) is 0 Å². The van der Waals surface area contributed by atoms with Crippen molar-refractivity contribution in [3.63, 3.8) is 0 Å². The zero-order valence-corrected chi connectivity index (χ0v) is 10.6. The van der Waals surface area contributed by atoms with Crippen LogP contribution in [-0.4, -0.2) is 51.6 Å². The number of aliphatic carboxylic acids is 2. The Morgan fingerprint density at radius 1 is 1.11 bits per heavy atom. The van der Waals surface area contributed by atoms with E-state index in [9.17, 15) is 14.4 Å². The van der Waals surface area contributed by atoms with Gasteiger partial charge in [0.2, 0.25) is 5.91 Å². The lowest BCUT2D eigenvalue weighted by atomic mass is 10.1. The second-order valence-electron chi connectivity index (χ2n) is 4.31. The molecule has 0 aromatic rings. The summed E-state index contributed by atoms with van der Waals surface area (Å²) >= 11 is 0. The zero-order chi connectivity index (χ0) is 14.3. The number of carboxylic acids is 2. The van der Waals surface area contributed by atoms with E-state index in [0.29, 0.717) is 0 Å². The Bertz CT molecular complexity index is 317. The number of nitrogens with zero attached hydrogens (tertiary/aromatic N) is 1. The average Bonchev–Trinajstić information content (AvgIpc) is 2.24. The van der Waals surface area contributed by atoms with Crippen LogP contribution < -0.4 is 5.73 Å². The molecule has 0 aromatic carbocycles. The lowest BCUT2D eigenvalue weighted by Gasteiger charge is -2.28. The molecule has 104 valence electrons. The van der Waals surface area contributed by atoms with Gasteiger partial charge in [-0.1, -0.05) is 0 Å². The van der Waals surface area contributed by atoms with Gasteiger partial charge in [-0.15, -0.1) is 0 Å². The molecule has 1 atom stereocenters. The number of hydrogen-bond donors (Lipinski definition) is 3. The molecule has 0 rings (SSSR count). The van der Waals surface area contributed by atoms with E-state index in [1.54, 1.807) is 13.8 Å². The van der Waals surface area contributed by atoms with Crippen LogP contribution in [0.5, 0.6) is 0 Å². The number of carbonyl (C=O) groups is 3. The van der Waals surface area contributed by atoms with Crippen molar-refractivity contribution in [3.8, 4) is 0 Å². The van der Waals surface area contributed by atoms with E-state index in [1.165, 1.54) is 4.90 Å². The lowest BCUT2D eigenvalue weighted by molar-refractivity contribution is -0.139. The molecule has 7 heteroatoms. The van der Waals surface area contributed by atoms with Crippen molar-refractivity contribution < 1.29 is 24.6 Å². The van der Waals surface area contributed by atoms with Gasteiger partial charge in [-0.2, -0.15) is 0 Å². The fourth-order valence-corrected chi connectivity index (χ4v) is 1.45. The minimum absolute atomic E-state index is 0.0461. The van der Waals surface area contributed by atoms with E-state index in [-0.39, 0.29) is 31.8 Å². The maximum atomic E-state index is 11.9. The van der Waals surface area contributed by atoms with Crippen LogP contribution in [0.2, 0.25) is 0 Å². The summed E-state index contributed by atoms with van der Waals surface area (Å²) in [5, 5.41) is 17.1. The second-order valence-corrected chi connectivity index (χ2v) is 4.31.